The molecular formula is C12H17NO5S. The summed E-state index contributed by atoms with van der Waals surface area (Å²) >= 11 is 0. The molecule has 0 amide bonds. The van der Waals surface area contributed by atoms with E-state index >= 15 is 0 Å². The van der Waals surface area contributed by atoms with Crippen molar-refractivity contribution in [1.82, 2.24) is 4.31 Å². The van der Waals surface area contributed by atoms with Gasteiger partial charge in [0.2, 0.25) is 10.0 Å². The van der Waals surface area contributed by atoms with Crippen LogP contribution in [0.15, 0.2) is 23.1 Å². The van der Waals surface area contributed by atoms with E-state index in [1.165, 1.54) is 30.7 Å². The Morgan fingerprint density at radius 3 is 2.53 bits per heavy atom. The van der Waals surface area contributed by atoms with Gasteiger partial charge in [-0.3, -0.25) is 0 Å². The van der Waals surface area contributed by atoms with Crippen LogP contribution in [-0.2, 0) is 10.0 Å². The summed E-state index contributed by atoms with van der Waals surface area (Å²) in [4.78, 5) is 0.118. The Labute approximate surface area is 112 Å². The summed E-state index contributed by atoms with van der Waals surface area (Å²) in [5, 5.41) is 8.95. The molecule has 0 bridgehead atoms. The fraction of sp³-hybridized carbons (Fsp3) is 0.500. The summed E-state index contributed by atoms with van der Waals surface area (Å²) in [6, 6.07) is 4.59. The van der Waals surface area contributed by atoms with Crippen LogP contribution in [0.1, 0.15) is 0 Å². The average molecular weight is 287 g/mol. The van der Waals surface area contributed by atoms with Crippen LogP contribution in [0.2, 0.25) is 0 Å². The Bertz CT molecular complexity index is 551. The average Bonchev–Trinajstić information content (AvgIpc) is 2.36. The van der Waals surface area contributed by atoms with Crippen molar-refractivity contribution in [2.24, 2.45) is 5.92 Å². The highest BCUT2D eigenvalue weighted by Gasteiger charge is 2.37. The first kappa shape index (κ1) is 14.1. The second-order valence-electron chi connectivity index (χ2n) is 4.39. The zero-order valence-electron chi connectivity index (χ0n) is 10.9. The number of hydrogen-bond donors (Lipinski definition) is 1. The minimum atomic E-state index is -3.57. The molecule has 0 unspecified atom stereocenters. The van der Waals surface area contributed by atoms with Crippen molar-refractivity contribution in [2.45, 2.75) is 4.90 Å². The van der Waals surface area contributed by atoms with Gasteiger partial charge in [0.15, 0.2) is 0 Å². The number of aliphatic hydroxyl groups excluding tert-OH is 1. The minimum Gasteiger partial charge on any atom is -0.497 e. The molecule has 19 heavy (non-hydrogen) atoms. The predicted molar refractivity (Wildman–Crippen MR) is 68.9 cm³/mol. The number of nitrogens with zero attached hydrogens (tertiary/aromatic N) is 1. The molecule has 0 saturated carbocycles. The van der Waals surface area contributed by atoms with Crippen molar-refractivity contribution >= 4 is 10.0 Å². The Balaban J connectivity index is 2.30. The number of benzene rings is 1. The number of aliphatic hydroxyl groups is 1. The van der Waals surface area contributed by atoms with Crippen molar-refractivity contribution in [3.05, 3.63) is 18.2 Å². The Kier molecular flexibility index (Phi) is 3.98. The lowest BCUT2D eigenvalue weighted by Crippen LogP contribution is -2.51. The predicted octanol–water partition coefficient (Wildman–Crippen LogP) is 0.317. The van der Waals surface area contributed by atoms with Crippen molar-refractivity contribution in [3.63, 3.8) is 0 Å². The highest BCUT2D eigenvalue weighted by atomic mass is 32.2. The molecular weight excluding hydrogens is 270 g/mol. The molecule has 6 nitrogen and oxygen atoms in total. The molecule has 0 spiro atoms. The molecule has 1 aliphatic heterocycles. The van der Waals surface area contributed by atoms with E-state index in [0.717, 1.165) is 0 Å². The molecule has 7 heteroatoms. The minimum absolute atomic E-state index is 0.00572. The molecule has 106 valence electrons. The number of rotatable bonds is 5. The van der Waals surface area contributed by atoms with Crippen LogP contribution in [0.5, 0.6) is 11.5 Å². The van der Waals surface area contributed by atoms with Crippen LogP contribution in [0.4, 0.5) is 0 Å². The van der Waals surface area contributed by atoms with Gasteiger partial charge in [-0.05, 0) is 12.1 Å². The van der Waals surface area contributed by atoms with Crippen molar-refractivity contribution < 1.29 is 23.0 Å². The largest absolute Gasteiger partial charge is 0.497 e. The zero-order valence-corrected chi connectivity index (χ0v) is 11.7. The third-order valence-corrected chi connectivity index (χ3v) is 5.04. The second kappa shape index (κ2) is 5.36. The molecule has 1 aliphatic rings. The Morgan fingerprint density at radius 1 is 1.32 bits per heavy atom. The monoisotopic (exact) mass is 287 g/mol. The summed E-state index contributed by atoms with van der Waals surface area (Å²) in [7, 11) is -0.650. The number of hydrogen-bond acceptors (Lipinski definition) is 5. The quantitative estimate of drug-likeness (QED) is 0.844. The molecule has 1 aromatic rings. The van der Waals surface area contributed by atoms with Crippen LogP contribution in [0.3, 0.4) is 0 Å². The van der Waals surface area contributed by atoms with E-state index in [-0.39, 0.29) is 23.2 Å². The smallest absolute Gasteiger partial charge is 0.246 e. The van der Waals surface area contributed by atoms with E-state index in [4.69, 9.17) is 14.6 Å². The summed E-state index contributed by atoms with van der Waals surface area (Å²) in [6.07, 6.45) is 0. The first-order valence-electron chi connectivity index (χ1n) is 5.86. The molecule has 0 aromatic heterocycles. The molecule has 0 atom stereocenters. The lowest BCUT2D eigenvalue weighted by Gasteiger charge is -2.37. The zero-order chi connectivity index (χ0) is 14.0. The Hall–Kier alpha value is -1.31. The SMILES string of the molecule is COc1ccc(S(=O)(=O)N2CC(CO)C2)c(OC)c1. The topological polar surface area (TPSA) is 76.1 Å². The molecule has 0 radical (unpaired) electrons. The van der Waals surface area contributed by atoms with Gasteiger partial charge in [0, 0.05) is 31.7 Å². The molecule has 1 fully saturated rings. The Morgan fingerprint density at radius 2 is 2.00 bits per heavy atom. The van der Waals surface area contributed by atoms with Gasteiger partial charge in [0.25, 0.3) is 0 Å². The van der Waals surface area contributed by atoms with E-state index in [1.54, 1.807) is 6.07 Å². The van der Waals surface area contributed by atoms with E-state index in [1.807, 2.05) is 0 Å². The van der Waals surface area contributed by atoms with Gasteiger partial charge in [0.05, 0.1) is 14.2 Å². The van der Waals surface area contributed by atoms with Gasteiger partial charge < -0.3 is 14.6 Å². The first-order chi connectivity index (χ1) is 9.02. The van der Waals surface area contributed by atoms with Crippen LogP contribution >= 0.6 is 0 Å². The maximum Gasteiger partial charge on any atom is 0.246 e. The molecule has 1 aromatic carbocycles. The maximum atomic E-state index is 12.4. The van der Waals surface area contributed by atoms with Crippen LogP contribution in [0, 0.1) is 5.92 Å². The summed E-state index contributed by atoms with van der Waals surface area (Å²) in [5.41, 5.74) is 0. The fourth-order valence-electron chi connectivity index (χ4n) is 1.96. The van der Waals surface area contributed by atoms with Crippen LogP contribution in [-0.4, -0.2) is 51.7 Å². The summed E-state index contributed by atoms with van der Waals surface area (Å²) < 4.78 is 36.2. The van der Waals surface area contributed by atoms with Gasteiger partial charge in [-0.25, -0.2) is 8.42 Å². The highest BCUT2D eigenvalue weighted by molar-refractivity contribution is 7.89. The van der Waals surface area contributed by atoms with Gasteiger partial charge in [0.1, 0.15) is 16.4 Å². The van der Waals surface area contributed by atoms with Crippen LogP contribution < -0.4 is 9.47 Å². The van der Waals surface area contributed by atoms with Crippen molar-refractivity contribution in [3.8, 4) is 11.5 Å². The molecule has 1 heterocycles. The van der Waals surface area contributed by atoms with Gasteiger partial charge in [-0.15, -0.1) is 0 Å². The fourth-order valence-corrected chi connectivity index (χ4v) is 3.69. The first-order valence-corrected chi connectivity index (χ1v) is 7.30. The lowest BCUT2D eigenvalue weighted by atomic mass is 10.1. The second-order valence-corrected chi connectivity index (χ2v) is 6.29. The summed E-state index contributed by atoms with van der Waals surface area (Å²) in [6.45, 7) is 0.688. The number of sulfonamides is 1. The van der Waals surface area contributed by atoms with Crippen molar-refractivity contribution in [1.29, 1.82) is 0 Å². The third-order valence-electron chi connectivity index (χ3n) is 3.17. The molecule has 1 N–H and O–H groups in total. The number of ether oxygens (including phenoxy) is 2. The molecule has 2 rings (SSSR count). The van der Waals surface area contributed by atoms with Gasteiger partial charge >= 0.3 is 0 Å². The third kappa shape index (κ3) is 2.54. The van der Waals surface area contributed by atoms with E-state index < -0.39 is 10.0 Å². The van der Waals surface area contributed by atoms with Crippen molar-refractivity contribution in [2.75, 3.05) is 33.9 Å². The van der Waals surface area contributed by atoms with E-state index in [2.05, 4.69) is 0 Å². The molecule has 0 aliphatic carbocycles. The van der Waals surface area contributed by atoms with E-state index in [9.17, 15) is 8.42 Å². The lowest BCUT2D eigenvalue weighted by molar-refractivity contribution is 0.117. The van der Waals surface area contributed by atoms with E-state index in [0.29, 0.717) is 18.8 Å². The van der Waals surface area contributed by atoms with Gasteiger partial charge in [-0.1, -0.05) is 0 Å². The van der Waals surface area contributed by atoms with Gasteiger partial charge in [-0.2, -0.15) is 4.31 Å². The summed E-state index contributed by atoms with van der Waals surface area (Å²) in [5.74, 6) is 0.818. The normalized spacial score (nSPS) is 17.0. The van der Waals surface area contributed by atoms with Crippen LogP contribution in [0.25, 0.3) is 0 Å². The maximum absolute atomic E-state index is 12.4. The standard InChI is InChI=1S/C12H17NO5S/c1-17-10-3-4-12(11(5-10)18-2)19(15,16)13-6-9(7-13)8-14/h3-5,9,14H,6-8H2,1-2H3. The number of methoxy groups -OCH3 is 2. The molecule has 1 saturated heterocycles. The highest BCUT2D eigenvalue weighted by Crippen LogP contribution is 2.33.